The molecule has 0 atom stereocenters. The number of aryl methyl sites for hydroxylation is 2. The lowest BCUT2D eigenvalue weighted by atomic mass is 10.1. The third-order valence-corrected chi connectivity index (χ3v) is 4.64. The molecule has 0 unspecified atom stereocenters. The highest BCUT2D eigenvalue weighted by atomic mass is 32.1. The van der Waals surface area contributed by atoms with Crippen molar-refractivity contribution in [3.05, 3.63) is 40.5 Å². The van der Waals surface area contributed by atoms with Crippen LogP contribution < -0.4 is 0 Å². The van der Waals surface area contributed by atoms with Gasteiger partial charge in [-0.15, -0.1) is 11.3 Å². The minimum atomic E-state index is 0.865. The first-order valence-corrected chi connectivity index (χ1v) is 6.67. The third kappa shape index (κ3) is 1.48. The largest absolute Gasteiger partial charge is 0.319 e. The molecule has 0 saturated carbocycles. The number of benzene rings is 1. The molecule has 0 amide bonds. The van der Waals surface area contributed by atoms with Crippen molar-refractivity contribution in [2.75, 3.05) is 0 Å². The first-order valence-electron chi connectivity index (χ1n) is 5.38. The SMILES string of the molecule is Cn1c(=S)n(C)c2c(-c3ccccc3)csc21. The molecule has 3 rings (SSSR count). The smallest absolute Gasteiger partial charge is 0.180 e. The van der Waals surface area contributed by atoms with E-state index in [-0.39, 0.29) is 0 Å². The van der Waals surface area contributed by atoms with Gasteiger partial charge in [-0.25, -0.2) is 0 Å². The highest BCUT2D eigenvalue weighted by Crippen LogP contribution is 2.34. The van der Waals surface area contributed by atoms with Gasteiger partial charge in [-0.2, -0.15) is 0 Å². The van der Waals surface area contributed by atoms with Crippen molar-refractivity contribution in [2.24, 2.45) is 14.1 Å². The second-order valence-corrected chi connectivity index (χ2v) is 5.29. The van der Waals surface area contributed by atoms with Crippen molar-refractivity contribution in [1.29, 1.82) is 0 Å². The fourth-order valence-electron chi connectivity index (χ4n) is 2.13. The van der Waals surface area contributed by atoms with Crippen LogP contribution in [0.2, 0.25) is 0 Å². The van der Waals surface area contributed by atoms with E-state index in [0.717, 1.165) is 4.77 Å². The lowest BCUT2D eigenvalue weighted by molar-refractivity contribution is 0.836. The first kappa shape index (κ1) is 10.7. The van der Waals surface area contributed by atoms with Crippen molar-refractivity contribution in [3.63, 3.8) is 0 Å². The zero-order valence-electron chi connectivity index (χ0n) is 9.68. The number of nitrogens with zero attached hydrogens (tertiary/aromatic N) is 2. The van der Waals surface area contributed by atoms with E-state index in [4.69, 9.17) is 12.2 Å². The van der Waals surface area contributed by atoms with E-state index in [2.05, 4.69) is 38.8 Å². The number of fused-ring (bicyclic) bond motifs is 1. The molecule has 2 nitrogen and oxygen atoms in total. The second-order valence-electron chi connectivity index (χ2n) is 4.07. The summed E-state index contributed by atoms with van der Waals surface area (Å²) in [6, 6.07) is 10.4. The summed E-state index contributed by atoms with van der Waals surface area (Å²) in [5.41, 5.74) is 3.74. The van der Waals surface area contributed by atoms with Crippen LogP contribution in [0.25, 0.3) is 21.5 Å². The van der Waals surface area contributed by atoms with Crippen LogP contribution in [0.3, 0.4) is 0 Å². The van der Waals surface area contributed by atoms with Gasteiger partial charge < -0.3 is 9.13 Å². The van der Waals surface area contributed by atoms with Crippen LogP contribution in [0.1, 0.15) is 0 Å². The molecule has 0 aliphatic rings. The van der Waals surface area contributed by atoms with E-state index >= 15 is 0 Å². The Balaban J connectivity index is 2.40. The highest BCUT2D eigenvalue weighted by Gasteiger charge is 2.13. The molecule has 0 aliphatic heterocycles. The van der Waals surface area contributed by atoms with E-state index in [1.165, 1.54) is 21.5 Å². The summed E-state index contributed by atoms with van der Waals surface area (Å²) in [4.78, 5) is 1.23. The Morgan fingerprint density at radius 3 is 2.47 bits per heavy atom. The van der Waals surface area contributed by atoms with E-state index in [0.29, 0.717) is 0 Å². The van der Waals surface area contributed by atoms with Crippen molar-refractivity contribution in [3.8, 4) is 11.1 Å². The second kappa shape index (κ2) is 3.82. The molecule has 86 valence electrons. The van der Waals surface area contributed by atoms with Crippen LogP contribution in [0.5, 0.6) is 0 Å². The molecule has 0 spiro atoms. The number of aromatic nitrogens is 2. The molecular weight excluding hydrogens is 248 g/mol. The van der Waals surface area contributed by atoms with Crippen molar-refractivity contribution < 1.29 is 0 Å². The quantitative estimate of drug-likeness (QED) is 0.602. The van der Waals surface area contributed by atoms with Crippen LogP contribution in [-0.4, -0.2) is 9.13 Å². The van der Waals surface area contributed by atoms with Crippen LogP contribution in [-0.2, 0) is 14.1 Å². The summed E-state index contributed by atoms with van der Waals surface area (Å²) >= 11 is 7.14. The Kier molecular flexibility index (Phi) is 2.42. The van der Waals surface area contributed by atoms with Crippen molar-refractivity contribution in [2.45, 2.75) is 0 Å². The van der Waals surface area contributed by atoms with E-state index < -0.39 is 0 Å². The lowest BCUT2D eigenvalue weighted by Gasteiger charge is -1.99. The van der Waals surface area contributed by atoms with Gasteiger partial charge in [0.25, 0.3) is 0 Å². The van der Waals surface area contributed by atoms with Gasteiger partial charge in [0.1, 0.15) is 4.83 Å². The van der Waals surface area contributed by atoms with Crippen LogP contribution >= 0.6 is 23.6 Å². The molecule has 0 bridgehead atoms. The maximum atomic E-state index is 5.39. The van der Waals surface area contributed by atoms with Crippen molar-refractivity contribution >= 4 is 33.9 Å². The number of hydrogen-bond donors (Lipinski definition) is 0. The minimum Gasteiger partial charge on any atom is -0.319 e. The standard InChI is InChI=1S/C13H12N2S2/c1-14-11-10(9-6-4-3-5-7-9)8-17-12(11)15(2)13(14)16/h3-8H,1-2H3. The third-order valence-electron chi connectivity index (χ3n) is 3.04. The average Bonchev–Trinajstić information content (AvgIpc) is 2.88. The van der Waals surface area contributed by atoms with Gasteiger partial charge in [-0.1, -0.05) is 30.3 Å². The molecule has 0 fully saturated rings. The number of thiophene rings is 1. The predicted molar refractivity (Wildman–Crippen MR) is 76.0 cm³/mol. The number of imidazole rings is 1. The molecule has 1 aromatic carbocycles. The maximum absolute atomic E-state index is 5.39. The Bertz CT molecular complexity index is 732. The lowest BCUT2D eigenvalue weighted by Crippen LogP contribution is -1.91. The summed E-state index contributed by atoms with van der Waals surface area (Å²) in [6.45, 7) is 0. The minimum absolute atomic E-state index is 0.865. The first-order chi connectivity index (χ1) is 8.20. The Morgan fingerprint density at radius 1 is 1.06 bits per heavy atom. The van der Waals surface area contributed by atoms with Crippen LogP contribution in [0.4, 0.5) is 0 Å². The zero-order chi connectivity index (χ0) is 12.0. The molecule has 0 saturated heterocycles. The number of rotatable bonds is 1. The molecule has 2 heterocycles. The summed E-state index contributed by atoms with van der Waals surface area (Å²) < 4.78 is 5.02. The molecule has 2 aromatic heterocycles. The van der Waals surface area contributed by atoms with E-state index in [1.54, 1.807) is 11.3 Å². The summed E-state index contributed by atoms with van der Waals surface area (Å²) in [5.74, 6) is 0. The van der Waals surface area contributed by atoms with Gasteiger partial charge in [-0.05, 0) is 17.8 Å². The normalized spacial score (nSPS) is 11.2. The summed E-state index contributed by atoms with van der Waals surface area (Å²) in [5, 5.41) is 2.20. The fourth-order valence-corrected chi connectivity index (χ4v) is 3.45. The van der Waals surface area contributed by atoms with Gasteiger partial charge in [0.05, 0.1) is 5.52 Å². The monoisotopic (exact) mass is 260 g/mol. The van der Waals surface area contributed by atoms with Gasteiger partial charge in [0.2, 0.25) is 0 Å². The van der Waals surface area contributed by atoms with Crippen molar-refractivity contribution in [1.82, 2.24) is 9.13 Å². The molecule has 17 heavy (non-hydrogen) atoms. The average molecular weight is 260 g/mol. The Labute approximate surface area is 109 Å². The zero-order valence-corrected chi connectivity index (χ0v) is 11.3. The van der Waals surface area contributed by atoms with Crippen LogP contribution in [0.15, 0.2) is 35.7 Å². The summed E-state index contributed by atoms with van der Waals surface area (Å²) in [6.07, 6.45) is 0. The molecule has 4 heteroatoms. The van der Waals surface area contributed by atoms with E-state index in [1.807, 2.05) is 20.2 Å². The van der Waals surface area contributed by atoms with Gasteiger partial charge >= 0.3 is 0 Å². The molecule has 3 aromatic rings. The van der Waals surface area contributed by atoms with Gasteiger partial charge in [0, 0.05) is 25.0 Å². The Morgan fingerprint density at radius 2 is 1.76 bits per heavy atom. The fraction of sp³-hybridized carbons (Fsp3) is 0.154. The predicted octanol–water partition coefficient (Wildman–Crippen LogP) is 3.97. The van der Waals surface area contributed by atoms with Gasteiger partial charge in [0.15, 0.2) is 4.77 Å². The molecular formula is C13H12N2S2. The maximum Gasteiger partial charge on any atom is 0.180 e. The topological polar surface area (TPSA) is 9.86 Å². The van der Waals surface area contributed by atoms with E-state index in [9.17, 15) is 0 Å². The molecule has 0 radical (unpaired) electrons. The Hall–Kier alpha value is -1.39. The molecule has 0 aliphatic carbocycles. The molecule has 0 N–H and O–H groups in total. The summed E-state index contributed by atoms with van der Waals surface area (Å²) in [7, 11) is 4.06. The highest BCUT2D eigenvalue weighted by molar-refractivity contribution is 7.71. The van der Waals surface area contributed by atoms with Crippen LogP contribution in [0, 0.1) is 4.77 Å². The number of hydrogen-bond acceptors (Lipinski definition) is 2. The van der Waals surface area contributed by atoms with Gasteiger partial charge in [-0.3, -0.25) is 0 Å².